The third-order valence-electron chi connectivity index (χ3n) is 3.38. The monoisotopic (exact) mass is 371 g/mol. The lowest BCUT2D eigenvalue weighted by atomic mass is 10.1. The van der Waals surface area contributed by atoms with Gasteiger partial charge < -0.3 is 20.1 Å². The summed E-state index contributed by atoms with van der Waals surface area (Å²) in [6, 6.07) is 5.54. The van der Waals surface area contributed by atoms with Gasteiger partial charge in [-0.1, -0.05) is 0 Å². The van der Waals surface area contributed by atoms with E-state index in [9.17, 15) is 4.79 Å². The highest BCUT2D eigenvalue weighted by Crippen LogP contribution is 2.26. The van der Waals surface area contributed by atoms with Crippen LogP contribution in [0.4, 0.5) is 0 Å². The summed E-state index contributed by atoms with van der Waals surface area (Å²) in [5, 5.41) is 2.65. The summed E-state index contributed by atoms with van der Waals surface area (Å²) in [7, 11) is 4.94. The minimum absolute atomic E-state index is 0. The molecule has 0 saturated heterocycles. The minimum atomic E-state index is -0.123. The van der Waals surface area contributed by atoms with Crippen LogP contribution in [-0.4, -0.2) is 43.6 Å². The normalized spacial score (nSPS) is 10.0. The molecule has 6 nitrogen and oxygen atoms in total. The summed E-state index contributed by atoms with van der Waals surface area (Å²) in [5.74, 6) is 1.28. The summed E-state index contributed by atoms with van der Waals surface area (Å²) < 4.78 is 10.5. The molecule has 0 aliphatic heterocycles. The number of carbonyl (C=O) groups is 1. The smallest absolute Gasteiger partial charge is 0.273 e. The summed E-state index contributed by atoms with van der Waals surface area (Å²) in [6.07, 6.45) is 0.688. The summed E-state index contributed by atoms with van der Waals surface area (Å²) >= 11 is 1.46. The molecule has 2 rings (SSSR count). The summed E-state index contributed by atoms with van der Waals surface area (Å²) in [6.45, 7) is 0.954. The molecule has 24 heavy (non-hydrogen) atoms. The topological polar surface area (TPSA) is 77.7 Å². The first kappa shape index (κ1) is 20.2. The summed E-state index contributed by atoms with van der Waals surface area (Å²) in [5.41, 5.74) is 6.87. The van der Waals surface area contributed by atoms with Crippen molar-refractivity contribution in [3.63, 3.8) is 0 Å². The number of benzene rings is 1. The molecule has 1 amide bonds. The number of carbonyl (C=O) groups excluding carboxylic acids is 1. The molecule has 0 radical (unpaired) electrons. The van der Waals surface area contributed by atoms with Crippen LogP contribution in [0.15, 0.2) is 23.6 Å². The van der Waals surface area contributed by atoms with Crippen molar-refractivity contribution in [1.29, 1.82) is 0 Å². The molecule has 1 aromatic heterocycles. The van der Waals surface area contributed by atoms with Crippen LogP contribution in [0.5, 0.6) is 11.5 Å². The van der Waals surface area contributed by atoms with Gasteiger partial charge in [-0.3, -0.25) is 4.79 Å². The van der Waals surface area contributed by atoms with E-state index in [0.29, 0.717) is 36.7 Å². The van der Waals surface area contributed by atoms with Gasteiger partial charge in [-0.15, -0.1) is 23.7 Å². The zero-order chi connectivity index (χ0) is 16.8. The van der Waals surface area contributed by atoms with Crippen molar-refractivity contribution in [2.45, 2.75) is 13.0 Å². The maximum atomic E-state index is 12.5. The maximum absolute atomic E-state index is 12.5. The molecule has 0 atom stereocenters. The molecule has 8 heteroatoms. The predicted molar refractivity (Wildman–Crippen MR) is 97.5 cm³/mol. The number of nitrogens with zero attached hydrogens (tertiary/aromatic N) is 2. The van der Waals surface area contributed by atoms with E-state index < -0.39 is 0 Å². The van der Waals surface area contributed by atoms with Crippen LogP contribution in [0, 0.1) is 0 Å². The molecule has 2 aromatic rings. The molecule has 0 saturated carbocycles. The Labute approximate surface area is 152 Å². The zero-order valence-corrected chi connectivity index (χ0v) is 15.6. The van der Waals surface area contributed by atoms with Crippen molar-refractivity contribution in [2.24, 2.45) is 5.73 Å². The van der Waals surface area contributed by atoms with Crippen molar-refractivity contribution in [2.75, 3.05) is 27.8 Å². The number of aromatic nitrogens is 1. The molecule has 1 heterocycles. The van der Waals surface area contributed by atoms with Gasteiger partial charge in [0.1, 0.15) is 17.2 Å². The van der Waals surface area contributed by atoms with Crippen LogP contribution in [0.3, 0.4) is 0 Å². The van der Waals surface area contributed by atoms with Gasteiger partial charge in [-0.25, -0.2) is 4.98 Å². The second-order valence-electron chi connectivity index (χ2n) is 5.00. The Kier molecular flexibility index (Phi) is 7.97. The maximum Gasteiger partial charge on any atom is 0.273 e. The number of hydrogen-bond donors (Lipinski definition) is 1. The van der Waals surface area contributed by atoms with Crippen LogP contribution >= 0.6 is 23.7 Å². The van der Waals surface area contributed by atoms with E-state index in [4.69, 9.17) is 15.2 Å². The molecular weight excluding hydrogens is 350 g/mol. The molecule has 0 bridgehead atoms. The van der Waals surface area contributed by atoms with Crippen LogP contribution < -0.4 is 15.2 Å². The Hall–Kier alpha value is -1.83. The number of methoxy groups -OCH3 is 2. The lowest BCUT2D eigenvalue weighted by Gasteiger charge is -2.18. The number of rotatable bonds is 7. The number of nitrogens with two attached hydrogens (primary N) is 1. The van der Waals surface area contributed by atoms with Crippen molar-refractivity contribution in [3.05, 3.63) is 39.8 Å². The molecule has 0 aliphatic rings. The van der Waals surface area contributed by atoms with Gasteiger partial charge in [0.15, 0.2) is 0 Å². The quantitative estimate of drug-likeness (QED) is 0.808. The highest BCUT2D eigenvalue weighted by molar-refractivity contribution is 7.09. The van der Waals surface area contributed by atoms with Crippen molar-refractivity contribution in [3.8, 4) is 11.5 Å². The standard InChI is InChI=1S/C16H21N3O3S.ClH/c1-19(16(20)13-10-23-15(18-13)6-7-17)9-11-4-5-12(21-2)8-14(11)22-3;/h4-5,8,10H,6-7,9,17H2,1-3H3;1H. The molecule has 2 N–H and O–H groups in total. The van der Waals surface area contributed by atoms with E-state index in [1.807, 2.05) is 12.1 Å². The fraction of sp³-hybridized carbons (Fsp3) is 0.375. The van der Waals surface area contributed by atoms with E-state index >= 15 is 0 Å². The van der Waals surface area contributed by atoms with E-state index in [-0.39, 0.29) is 18.3 Å². The molecule has 0 unspecified atom stereocenters. The van der Waals surface area contributed by atoms with Gasteiger partial charge in [0, 0.05) is 37.0 Å². The average Bonchev–Trinajstić information content (AvgIpc) is 3.03. The van der Waals surface area contributed by atoms with Crippen LogP contribution in [0.1, 0.15) is 21.1 Å². The third kappa shape index (κ3) is 4.83. The lowest BCUT2D eigenvalue weighted by molar-refractivity contribution is 0.0779. The number of ether oxygens (including phenoxy) is 2. The molecule has 0 fully saturated rings. The average molecular weight is 372 g/mol. The Morgan fingerprint density at radius 3 is 2.71 bits per heavy atom. The van der Waals surface area contributed by atoms with Gasteiger partial charge in [0.2, 0.25) is 0 Å². The largest absolute Gasteiger partial charge is 0.497 e. The van der Waals surface area contributed by atoms with E-state index in [0.717, 1.165) is 10.6 Å². The fourth-order valence-electron chi connectivity index (χ4n) is 2.15. The Bertz CT molecular complexity index is 678. The van der Waals surface area contributed by atoms with Crippen molar-refractivity contribution in [1.82, 2.24) is 9.88 Å². The van der Waals surface area contributed by atoms with Crippen LogP contribution in [0.25, 0.3) is 0 Å². The molecule has 132 valence electrons. The molecule has 1 aromatic carbocycles. The fourth-order valence-corrected chi connectivity index (χ4v) is 2.94. The summed E-state index contributed by atoms with van der Waals surface area (Å²) in [4.78, 5) is 18.4. The Morgan fingerprint density at radius 2 is 2.08 bits per heavy atom. The van der Waals surface area contributed by atoms with E-state index in [1.165, 1.54) is 11.3 Å². The van der Waals surface area contributed by atoms with Gasteiger partial charge >= 0.3 is 0 Å². The second-order valence-corrected chi connectivity index (χ2v) is 5.95. The van der Waals surface area contributed by atoms with Crippen LogP contribution in [-0.2, 0) is 13.0 Å². The number of thiazole rings is 1. The highest BCUT2D eigenvalue weighted by Gasteiger charge is 2.17. The van der Waals surface area contributed by atoms with Crippen molar-refractivity contribution < 1.29 is 14.3 Å². The molecule has 0 spiro atoms. The Balaban J connectivity index is 0.00000288. The van der Waals surface area contributed by atoms with Gasteiger partial charge in [0.05, 0.1) is 19.2 Å². The first-order valence-electron chi connectivity index (χ1n) is 7.20. The van der Waals surface area contributed by atoms with E-state index in [1.54, 1.807) is 37.6 Å². The predicted octanol–water partition coefficient (Wildman–Crippen LogP) is 2.36. The first-order valence-corrected chi connectivity index (χ1v) is 8.07. The van der Waals surface area contributed by atoms with Crippen LogP contribution in [0.2, 0.25) is 0 Å². The number of halogens is 1. The SMILES string of the molecule is COc1ccc(CN(C)C(=O)c2csc(CCN)n2)c(OC)c1.Cl. The zero-order valence-electron chi connectivity index (χ0n) is 13.9. The lowest BCUT2D eigenvalue weighted by Crippen LogP contribution is -2.26. The highest BCUT2D eigenvalue weighted by atomic mass is 35.5. The Morgan fingerprint density at radius 1 is 1.33 bits per heavy atom. The van der Waals surface area contributed by atoms with Gasteiger partial charge in [-0.2, -0.15) is 0 Å². The van der Waals surface area contributed by atoms with Gasteiger partial charge in [0.25, 0.3) is 5.91 Å². The number of hydrogen-bond acceptors (Lipinski definition) is 6. The molecule has 0 aliphatic carbocycles. The minimum Gasteiger partial charge on any atom is -0.497 e. The van der Waals surface area contributed by atoms with Gasteiger partial charge in [-0.05, 0) is 18.7 Å². The van der Waals surface area contributed by atoms with E-state index in [2.05, 4.69) is 4.98 Å². The second kappa shape index (κ2) is 9.46. The first-order chi connectivity index (χ1) is 11.1. The van der Waals surface area contributed by atoms with Crippen molar-refractivity contribution >= 4 is 29.7 Å². The molecular formula is C16H22ClN3O3S. The number of amides is 1. The third-order valence-corrected chi connectivity index (χ3v) is 4.29.